The molecule has 2 rings (SSSR count). The monoisotopic (exact) mass is 154 g/mol. The molecule has 1 saturated carbocycles. The van der Waals surface area contributed by atoms with E-state index in [9.17, 15) is 0 Å². The molecule has 0 radical (unpaired) electrons. The SMILES string of the molecule is COc1cc([C@@H]2C[C@H]2N)on1. The lowest BCUT2D eigenvalue weighted by Gasteiger charge is -1.85. The molecule has 11 heavy (non-hydrogen) atoms. The van der Waals surface area contributed by atoms with Crippen molar-refractivity contribution in [1.82, 2.24) is 5.16 Å². The highest BCUT2D eigenvalue weighted by Gasteiger charge is 2.38. The number of nitrogens with zero attached hydrogens (tertiary/aromatic N) is 1. The molecular weight excluding hydrogens is 144 g/mol. The maximum atomic E-state index is 5.62. The molecule has 60 valence electrons. The normalized spacial score (nSPS) is 28.5. The van der Waals surface area contributed by atoms with Crippen molar-refractivity contribution < 1.29 is 9.26 Å². The van der Waals surface area contributed by atoms with Crippen LogP contribution in [0.2, 0.25) is 0 Å². The van der Waals surface area contributed by atoms with E-state index >= 15 is 0 Å². The number of methoxy groups -OCH3 is 1. The average molecular weight is 154 g/mol. The number of ether oxygens (including phenoxy) is 1. The molecule has 4 heteroatoms. The Hall–Kier alpha value is -1.03. The van der Waals surface area contributed by atoms with Crippen LogP contribution >= 0.6 is 0 Å². The fraction of sp³-hybridized carbons (Fsp3) is 0.571. The van der Waals surface area contributed by atoms with Gasteiger partial charge in [-0.25, -0.2) is 0 Å². The van der Waals surface area contributed by atoms with Crippen molar-refractivity contribution in [2.75, 3.05) is 7.11 Å². The van der Waals surface area contributed by atoms with Gasteiger partial charge >= 0.3 is 0 Å². The van der Waals surface area contributed by atoms with Crippen LogP contribution in [0.5, 0.6) is 5.88 Å². The lowest BCUT2D eigenvalue weighted by Crippen LogP contribution is -2.00. The van der Waals surface area contributed by atoms with Gasteiger partial charge in [-0.15, -0.1) is 0 Å². The predicted molar refractivity (Wildman–Crippen MR) is 38.4 cm³/mol. The Morgan fingerprint density at radius 2 is 2.55 bits per heavy atom. The lowest BCUT2D eigenvalue weighted by molar-refractivity contribution is 0.326. The molecule has 2 atom stereocenters. The molecule has 1 fully saturated rings. The Morgan fingerprint density at radius 3 is 3.00 bits per heavy atom. The molecular formula is C7H10N2O2. The van der Waals surface area contributed by atoms with E-state index in [-0.39, 0.29) is 6.04 Å². The largest absolute Gasteiger partial charge is 0.479 e. The first-order valence-corrected chi connectivity index (χ1v) is 3.57. The molecule has 0 saturated heterocycles. The van der Waals surface area contributed by atoms with Crippen LogP contribution in [0.25, 0.3) is 0 Å². The Labute approximate surface area is 64.3 Å². The molecule has 0 amide bonds. The number of rotatable bonds is 2. The van der Waals surface area contributed by atoms with Crippen molar-refractivity contribution in [3.8, 4) is 5.88 Å². The van der Waals surface area contributed by atoms with Gasteiger partial charge in [-0.1, -0.05) is 0 Å². The molecule has 0 bridgehead atoms. The van der Waals surface area contributed by atoms with Gasteiger partial charge in [0.25, 0.3) is 5.88 Å². The molecule has 1 aliphatic carbocycles. The van der Waals surface area contributed by atoms with E-state index in [4.69, 9.17) is 15.0 Å². The zero-order chi connectivity index (χ0) is 7.84. The molecule has 0 aliphatic heterocycles. The molecule has 1 heterocycles. The van der Waals surface area contributed by atoms with Gasteiger partial charge in [-0.2, -0.15) is 0 Å². The highest BCUT2D eigenvalue weighted by Crippen LogP contribution is 2.39. The van der Waals surface area contributed by atoms with E-state index in [1.165, 1.54) is 0 Å². The van der Waals surface area contributed by atoms with Crippen LogP contribution in [0.4, 0.5) is 0 Å². The van der Waals surface area contributed by atoms with Gasteiger partial charge in [0.1, 0.15) is 5.76 Å². The van der Waals surface area contributed by atoms with Crippen LogP contribution in [-0.2, 0) is 0 Å². The van der Waals surface area contributed by atoms with Gasteiger partial charge in [-0.05, 0) is 11.6 Å². The molecule has 4 nitrogen and oxygen atoms in total. The van der Waals surface area contributed by atoms with Crippen LogP contribution in [0.3, 0.4) is 0 Å². The minimum absolute atomic E-state index is 0.257. The fourth-order valence-electron chi connectivity index (χ4n) is 1.08. The van der Waals surface area contributed by atoms with Gasteiger partial charge < -0.3 is 15.0 Å². The zero-order valence-corrected chi connectivity index (χ0v) is 6.28. The highest BCUT2D eigenvalue weighted by molar-refractivity contribution is 5.21. The summed E-state index contributed by atoms with van der Waals surface area (Å²) in [6, 6.07) is 2.05. The topological polar surface area (TPSA) is 61.3 Å². The van der Waals surface area contributed by atoms with Crippen molar-refractivity contribution in [3.63, 3.8) is 0 Å². The first-order valence-electron chi connectivity index (χ1n) is 3.57. The Balaban J connectivity index is 2.13. The van der Waals surface area contributed by atoms with Crippen LogP contribution in [0.1, 0.15) is 18.1 Å². The minimum Gasteiger partial charge on any atom is -0.479 e. The number of hydrogen-bond acceptors (Lipinski definition) is 4. The Morgan fingerprint density at radius 1 is 1.82 bits per heavy atom. The highest BCUT2D eigenvalue weighted by atomic mass is 16.5. The Bertz CT molecular complexity index is 259. The molecule has 2 N–H and O–H groups in total. The smallest absolute Gasteiger partial charge is 0.254 e. The molecule has 0 aromatic carbocycles. The standard InChI is InChI=1S/C7H10N2O2/c1-10-7-3-6(11-9-7)4-2-5(4)8/h3-5H,2,8H2,1H3/t4-,5-/m1/s1. The summed E-state index contributed by atoms with van der Waals surface area (Å²) in [5.41, 5.74) is 5.62. The molecule has 0 unspecified atom stereocenters. The van der Waals surface area contributed by atoms with Gasteiger partial charge in [0.15, 0.2) is 0 Å². The summed E-state index contributed by atoms with van der Waals surface area (Å²) in [6.45, 7) is 0. The third-order valence-corrected chi connectivity index (χ3v) is 1.92. The van der Waals surface area contributed by atoms with Crippen molar-refractivity contribution in [2.45, 2.75) is 18.4 Å². The van der Waals surface area contributed by atoms with Gasteiger partial charge in [-0.3, -0.25) is 0 Å². The van der Waals surface area contributed by atoms with E-state index in [0.717, 1.165) is 12.2 Å². The second-order valence-corrected chi connectivity index (χ2v) is 2.78. The summed E-state index contributed by atoms with van der Waals surface area (Å²) in [4.78, 5) is 0. The quantitative estimate of drug-likeness (QED) is 0.673. The average Bonchev–Trinajstić information content (AvgIpc) is 2.59. The van der Waals surface area contributed by atoms with Crippen molar-refractivity contribution in [2.24, 2.45) is 5.73 Å². The fourth-order valence-corrected chi connectivity index (χ4v) is 1.08. The summed E-state index contributed by atoms with van der Waals surface area (Å²) >= 11 is 0. The summed E-state index contributed by atoms with van der Waals surface area (Å²) in [5.74, 6) is 1.74. The van der Waals surface area contributed by atoms with E-state index in [1.807, 2.05) is 0 Å². The second kappa shape index (κ2) is 2.23. The molecule has 1 aliphatic rings. The number of aromatic nitrogens is 1. The summed E-state index contributed by atoms with van der Waals surface area (Å²) < 4.78 is 9.86. The third kappa shape index (κ3) is 1.09. The first kappa shape index (κ1) is 6.67. The zero-order valence-electron chi connectivity index (χ0n) is 6.28. The Kier molecular flexibility index (Phi) is 1.35. The van der Waals surface area contributed by atoms with E-state index in [0.29, 0.717) is 11.8 Å². The minimum atomic E-state index is 0.257. The van der Waals surface area contributed by atoms with Gasteiger partial charge in [0.2, 0.25) is 0 Å². The maximum Gasteiger partial charge on any atom is 0.254 e. The van der Waals surface area contributed by atoms with Crippen molar-refractivity contribution >= 4 is 0 Å². The van der Waals surface area contributed by atoms with Gasteiger partial charge in [0, 0.05) is 18.0 Å². The van der Waals surface area contributed by atoms with Crippen molar-refractivity contribution in [3.05, 3.63) is 11.8 Å². The number of nitrogens with two attached hydrogens (primary N) is 1. The summed E-state index contributed by atoms with van der Waals surface area (Å²) in [7, 11) is 1.56. The summed E-state index contributed by atoms with van der Waals surface area (Å²) in [6.07, 6.45) is 0.998. The first-order chi connectivity index (χ1) is 5.31. The van der Waals surface area contributed by atoms with Gasteiger partial charge in [0.05, 0.1) is 7.11 Å². The van der Waals surface area contributed by atoms with E-state index < -0.39 is 0 Å². The predicted octanol–water partition coefficient (Wildman–Crippen LogP) is 0.498. The third-order valence-electron chi connectivity index (χ3n) is 1.92. The van der Waals surface area contributed by atoms with Crippen LogP contribution in [0.15, 0.2) is 10.6 Å². The van der Waals surface area contributed by atoms with Crippen LogP contribution in [0, 0.1) is 0 Å². The molecule has 0 spiro atoms. The maximum absolute atomic E-state index is 5.62. The van der Waals surface area contributed by atoms with Crippen LogP contribution in [-0.4, -0.2) is 18.3 Å². The molecule has 1 aromatic heterocycles. The second-order valence-electron chi connectivity index (χ2n) is 2.78. The number of hydrogen-bond donors (Lipinski definition) is 1. The molecule has 1 aromatic rings. The summed E-state index contributed by atoms with van der Waals surface area (Å²) in [5, 5.41) is 3.68. The van der Waals surface area contributed by atoms with Crippen molar-refractivity contribution in [1.29, 1.82) is 0 Å². The van der Waals surface area contributed by atoms with Crippen LogP contribution < -0.4 is 10.5 Å². The van der Waals surface area contributed by atoms with E-state index in [1.54, 1.807) is 13.2 Å². The lowest BCUT2D eigenvalue weighted by atomic mass is 10.3. The van der Waals surface area contributed by atoms with E-state index in [2.05, 4.69) is 5.16 Å².